The van der Waals surface area contributed by atoms with Gasteiger partial charge >= 0.3 is 5.97 Å². The molecule has 5 atom stereocenters. The number of carbonyl (C=O) groups is 1. The Balaban J connectivity index is 1.82. The third kappa shape index (κ3) is 2.98. The van der Waals surface area contributed by atoms with Crippen molar-refractivity contribution in [3.63, 3.8) is 0 Å². The highest BCUT2D eigenvalue weighted by molar-refractivity contribution is 5.91. The van der Waals surface area contributed by atoms with Gasteiger partial charge in [0.25, 0.3) is 0 Å². The fourth-order valence-corrected chi connectivity index (χ4v) is 7.73. The minimum Gasteiger partial charge on any atom is -0.462 e. The molecule has 158 valence electrons. The van der Waals surface area contributed by atoms with Crippen LogP contribution in [0.2, 0.25) is 0 Å². The van der Waals surface area contributed by atoms with Crippen molar-refractivity contribution in [3.05, 3.63) is 11.1 Å². The van der Waals surface area contributed by atoms with Crippen LogP contribution in [0.3, 0.4) is 0 Å². The molecule has 28 heavy (non-hydrogen) atoms. The van der Waals surface area contributed by atoms with E-state index in [1.807, 2.05) is 0 Å². The number of rotatable bonds is 3. The first-order chi connectivity index (χ1) is 13.5. The average Bonchev–Trinajstić information content (AvgIpc) is 2.71. The van der Waals surface area contributed by atoms with Crippen LogP contribution in [0.5, 0.6) is 0 Å². The minimum absolute atomic E-state index is 0.195. The molecule has 0 aromatic rings. The highest BCUT2D eigenvalue weighted by Crippen LogP contribution is 2.64. The van der Waals surface area contributed by atoms with Crippen molar-refractivity contribution in [3.8, 4) is 0 Å². The molecule has 2 aliphatic carbocycles. The van der Waals surface area contributed by atoms with Gasteiger partial charge in [0.15, 0.2) is 6.29 Å². The first-order valence-corrected chi connectivity index (χ1v) is 11.7. The topological polar surface area (TPSA) is 55.8 Å². The van der Waals surface area contributed by atoms with Crippen LogP contribution in [-0.2, 0) is 14.3 Å². The lowest BCUT2D eigenvalue weighted by atomic mass is 9.45. The van der Waals surface area contributed by atoms with Crippen LogP contribution in [0.25, 0.3) is 0 Å². The number of hydrogen-bond donors (Lipinski definition) is 1. The summed E-state index contributed by atoms with van der Waals surface area (Å²) in [7, 11) is 0. The molecular formula is C24H38O4. The first-order valence-electron chi connectivity index (χ1n) is 11.7. The van der Waals surface area contributed by atoms with Gasteiger partial charge in [-0.25, -0.2) is 4.79 Å². The quantitative estimate of drug-likeness (QED) is 0.678. The Kier molecular flexibility index (Phi) is 5.65. The Morgan fingerprint density at radius 1 is 1.04 bits per heavy atom. The molecule has 2 heterocycles. The maximum atomic E-state index is 12.7. The number of hydrogen-bond acceptors (Lipinski definition) is 4. The number of carbonyl (C=O) groups excluding carboxylic acids is 1. The second-order valence-corrected chi connectivity index (χ2v) is 9.70. The van der Waals surface area contributed by atoms with Gasteiger partial charge in [0.05, 0.1) is 18.3 Å². The minimum atomic E-state index is -0.780. The van der Waals surface area contributed by atoms with Crippen molar-refractivity contribution < 1.29 is 19.4 Å². The SMILES string of the molecule is CCC1(CC)CCCC2(CC)C3CCC4=C(C(=O)OCC4)C3OC(O)CCC12. The molecule has 4 aliphatic rings. The summed E-state index contributed by atoms with van der Waals surface area (Å²) < 4.78 is 11.7. The third-order valence-corrected chi connectivity index (χ3v) is 9.21. The van der Waals surface area contributed by atoms with Gasteiger partial charge in [0, 0.05) is 6.42 Å². The zero-order valence-corrected chi connectivity index (χ0v) is 18.0. The molecular weight excluding hydrogens is 352 g/mol. The highest BCUT2D eigenvalue weighted by Gasteiger charge is 2.58. The van der Waals surface area contributed by atoms with Gasteiger partial charge in [-0.15, -0.1) is 0 Å². The van der Waals surface area contributed by atoms with E-state index in [2.05, 4.69) is 20.8 Å². The van der Waals surface area contributed by atoms with E-state index in [-0.39, 0.29) is 17.5 Å². The Hall–Kier alpha value is -0.870. The predicted molar refractivity (Wildman–Crippen MR) is 109 cm³/mol. The molecule has 0 spiro atoms. The molecule has 0 aromatic carbocycles. The zero-order valence-electron chi connectivity index (χ0n) is 18.0. The van der Waals surface area contributed by atoms with E-state index >= 15 is 0 Å². The van der Waals surface area contributed by atoms with E-state index < -0.39 is 6.29 Å². The van der Waals surface area contributed by atoms with E-state index in [1.165, 1.54) is 37.7 Å². The second-order valence-electron chi connectivity index (χ2n) is 9.70. The molecule has 5 unspecified atom stereocenters. The lowest BCUT2D eigenvalue weighted by Gasteiger charge is -2.61. The monoisotopic (exact) mass is 390 g/mol. The maximum Gasteiger partial charge on any atom is 0.336 e. The van der Waals surface area contributed by atoms with Crippen LogP contribution in [0.1, 0.15) is 91.4 Å². The summed E-state index contributed by atoms with van der Waals surface area (Å²) in [6.07, 6.45) is 10.9. The van der Waals surface area contributed by atoms with Crippen molar-refractivity contribution in [1.29, 1.82) is 0 Å². The largest absolute Gasteiger partial charge is 0.462 e. The van der Waals surface area contributed by atoms with E-state index in [4.69, 9.17) is 9.47 Å². The van der Waals surface area contributed by atoms with E-state index in [1.54, 1.807) is 0 Å². The van der Waals surface area contributed by atoms with Crippen molar-refractivity contribution in [2.24, 2.45) is 22.7 Å². The van der Waals surface area contributed by atoms with Crippen LogP contribution in [0.15, 0.2) is 11.1 Å². The highest BCUT2D eigenvalue weighted by atomic mass is 16.6. The molecule has 1 saturated heterocycles. The molecule has 2 aliphatic heterocycles. The maximum absolute atomic E-state index is 12.7. The summed E-state index contributed by atoms with van der Waals surface area (Å²) in [6, 6.07) is 0. The molecule has 1 saturated carbocycles. The lowest BCUT2D eigenvalue weighted by molar-refractivity contribution is -0.210. The number of aliphatic hydroxyl groups is 1. The number of ether oxygens (including phenoxy) is 2. The van der Waals surface area contributed by atoms with Crippen molar-refractivity contribution in [2.45, 2.75) is 104 Å². The summed E-state index contributed by atoms with van der Waals surface area (Å²) in [4.78, 5) is 12.7. The number of esters is 1. The summed E-state index contributed by atoms with van der Waals surface area (Å²) in [5.74, 6) is 0.709. The smallest absolute Gasteiger partial charge is 0.336 e. The molecule has 0 bridgehead atoms. The van der Waals surface area contributed by atoms with E-state index in [0.717, 1.165) is 37.7 Å². The Morgan fingerprint density at radius 3 is 2.54 bits per heavy atom. The van der Waals surface area contributed by atoms with Crippen molar-refractivity contribution in [1.82, 2.24) is 0 Å². The van der Waals surface area contributed by atoms with Gasteiger partial charge in [0.1, 0.15) is 0 Å². The summed E-state index contributed by atoms with van der Waals surface area (Å²) in [6.45, 7) is 7.57. The average molecular weight is 391 g/mol. The molecule has 0 amide bonds. The summed E-state index contributed by atoms with van der Waals surface area (Å²) in [5.41, 5.74) is 2.54. The van der Waals surface area contributed by atoms with Crippen LogP contribution in [-0.4, -0.2) is 30.1 Å². The number of fused-ring (bicyclic) bond motifs is 4. The van der Waals surface area contributed by atoms with Crippen LogP contribution in [0.4, 0.5) is 0 Å². The number of cyclic esters (lactones) is 1. The van der Waals surface area contributed by atoms with Gasteiger partial charge < -0.3 is 14.6 Å². The van der Waals surface area contributed by atoms with Crippen LogP contribution < -0.4 is 0 Å². The van der Waals surface area contributed by atoms with Crippen molar-refractivity contribution >= 4 is 5.97 Å². The van der Waals surface area contributed by atoms with Gasteiger partial charge in [0.2, 0.25) is 0 Å². The molecule has 4 nitrogen and oxygen atoms in total. The van der Waals surface area contributed by atoms with Crippen LogP contribution in [0, 0.1) is 22.7 Å². The second kappa shape index (κ2) is 7.75. The third-order valence-electron chi connectivity index (χ3n) is 9.21. The Labute approximate surface area is 170 Å². The zero-order chi connectivity index (χ0) is 19.9. The first kappa shape index (κ1) is 20.4. The van der Waals surface area contributed by atoms with Gasteiger partial charge in [-0.05, 0) is 67.6 Å². The normalized spacial score (nSPS) is 40.5. The van der Waals surface area contributed by atoms with Gasteiger partial charge in [-0.3, -0.25) is 0 Å². The molecule has 4 rings (SSSR count). The Morgan fingerprint density at radius 2 is 1.82 bits per heavy atom. The number of aliphatic hydroxyl groups excluding tert-OH is 1. The fourth-order valence-electron chi connectivity index (χ4n) is 7.73. The molecule has 0 radical (unpaired) electrons. The van der Waals surface area contributed by atoms with Gasteiger partial charge in [-0.1, -0.05) is 45.6 Å². The van der Waals surface area contributed by atoms with Gasteiger partial charge in [-0.2, -0.15) is 0 Å². The van der Waals surface area contributed by atoms with Crippen LogP contribution >= 0.6 is 0 Å². The molecule has 1 N–H and O–H groups in total. The Bertz CT molecular complexity index is 635. The summed E-state index contributed by atoms with van der Waals surface area (Å²) >= 11 is 0. The van der Waals surface area contributed by atoms with Crippen molar-refractivity contribution in [2.75, 3.05) is 6.61 Å². The van der Waals surface area contributed by atoms with E-state index in [9.17, 15) is 9.90 Å². The lowest BCUT2D eigenvalue weighted by Crippen LogP contribution is -2.56. The fraction of sp³-hybridized carbons (Fsp3) is 0.875. The molecule has 0 aromatic heterocycles. The molecule has 4 heteroatoms. The summed E-state index contributed by atoms with van der Waals surface area (Å²) in [5, 5.41) is 10.7. The van der Waals surface area contributed by atoms with E-state index in [0.29, 0.717) is 30.3 Å². The predicted octanol–water partition coefficient (Wildman–Crippen LogP) is 5.14. The molecule has 2 fully saturated rings. The standard InChI is InChI=1S/C24H38O4/c1-4-23(5-2)13-7-14-24(6-3)17-9-8-16-12-15-27-22(26)20(16)21(17)28-19(25)11-10-18(23)24/h17-19,21,25H,4-15H2,1-3H3.